The van der Waals surface area contributed by atoms with E-state index in [0.717, 1.165) is 13.0 Å². The van der Waals surface area contributed by atoms with Crippen molar-refractivity contribution >= 4 is 0 Å². The molecule has 0 aliphatic heterocycles. The molecule has 3 heteroatoms. The zero-order valence-corrected chi connectivity index (χ0v) is 9.08. The van der Waals surface area contributed by atoms with Gasteiger partial charge in [0, 0.05) is 12.7 Å². The van der Waals surface area contributed by atoms with Crippen LogP contribution < -0.4 is 5.73 Å². The van der Waals surface area contributed by atoms with Gasteiger partial charge >= 0.3 is 0 Å². The summed E-state index contributed by atoms with van der Waals surface area (Å²) in [5, 5.41) is 4.32. The standard InChI is InChI=1S/C11H19N3/c1-9-10(8-13-14(9)2)11(6-7-12)4-3-5-11/h8H,3-7,12H2,1-2H3. The monoisotopic (exact) mass is 193 g/mol. The molecule has 0 bridgehead atoms. The van der Waals surface area contributed by atoms with Gasteiger partial charge < -0.3 is 5.73 Å². The second kappa shape index (κ2) is 3.39. The topological polar surface area (TPSA) is 43.8 Å². The highest BCUT2D eigenvalue weighted by Gasteiger charge is 2.39. The fourth-order valence-corrected chi connectivity index (χ4v) is 2.55. The van der Waals surface area contributed by atoms with Crippen LogP contribution in [0.3, 0.4) is 0 Å². The minimum Gasteiger partial charge on any atom is -0.330 e. The highest BCUT2D eigenvalue weighted by molar-refractivity contribution is 5.29. The van der Waals surface area contributed by atoms with Crippen molar-refractivity contribution in [3.63, 3.8) is 0 Å². The highest BCUT2D eigenvalue weighted by atomic mass is 15.3. The summed E-state index contributed by atoms with van der Waals surface area (Å²) >= 11 is 0. The van der Waals surface area contributed by atoms with Crippen LogP contribution in [0.15, 0.2) is 6.20 Å². The molecule has 0 atom stereocenters. The average Bonchev–Trinajstić information content (AvgIpc) is 2.42. The van der Waals surface area contributed by atoms with Gasteiger partial charge in [0.25, 0.3) is 0 Å². The van der Waals surface area contributed by atoms with Crippen LogP contribution in [-0.4, -0.2) is 16.3 Å². The van der Waals surface area contributed by atoms with Gasteiger partial charge in [0.15, 0.2) is 0 Å². The predicted molar refractivity (Wildman–Crippen MR) is 57.1 cm³/mol. The maximum Gasteiger partial charge on any atom is 0.0530 e. The van der Waals surface area contributed by atoms with Crippen molar-refractivity contribution in [2.45, 2.75) is 38.0 Å². The van der Waals surface area contributed by atoms with Crippen molar-refractivity contribution in [3.05, 3.63) is 17.5 Å². The third kappa shape index (κ3) is 1.27. The van der Waals surface area contributed by atoms with E-state index in [2.05, 4.69) is 12.0 Å². The lowest BCUT2D eigenvalue weighted by atomic mass is 9.62. The molecule has 2 rings (SSSR count). The van der Waals surface area contributed by atoms with E-state index in [0.29, 0.717) is 5.41 Å². The number of hydrogen-bond acceptors (Lipinski definition) is 2. The molecule has 14 heavy (non-hydrogen) atoms. The molecule has 0 unspecified atom stereocenters. The van der Waals surface area contributed by atoms with Crippen LogP contribution in [0.25, 0.3) is 0 Å². The van der Waals surface area contributed by atoms with Gasteiger partial charge in [-0.1, -0.05) is 6.42 Å². The summed E-state index contributed by atoms with van der Waals surface area (Å²) in [6.45, 7) is 2.94. The normalized spacial score (nSPS) is 19.4. The third-order valence-electron chi connectivity index (χ3n) is 3.74. The van der Waals surface area contributed by atoms with Gasteiger partial charge in [-0.2, -0.15) is 5.10 Å². The molecular weight excluding hydrogens is 174 g/mol. The van der Waals surface area contributed by atoms with E-state index >= 15 is 0 Å². The number of nitrogens with zero attached hydrogens (tertiary/aromatic N) is 2. The first-order valence-corrected chi connectivity index (χ1v) is 5.39. The lowest BCUT2D eigenvalue weighted by molar-refractivity contribution is 0.228. The number of aryl methyl sites for hydroxylation is 1. The summed E-state index contributed by atoms with van der Waals surface area (Å²) in [5.74, 6) is 0. The fourth-order valence-electron chi connectivity index (χ4n) is 2.55. The first kappa shape index (κ1) is 9.71. The molecule has 0 spiro atoms. The van der Waals surface area contributed by atoms with Gasteiger partial charge in [-0.3, -0.25) is 4.68 Å². The van der Waals surface area contributed by atoms with Gasteiger partial charge in [0.05, 0.1) is 6.20 Å². The maximum atomic E-state index is 5.69. The van der Waals surface area contributed by atoms with Crippen molar-refractivity contribution in [2.75, 3.05) is 6.54 Å². The smallest absolute Gasteiger partial charge is 0.0530 e. The van der Waals surface area contributed by atoms with Gasteiger partial charge in [-0.05, 0) is 43.7 Å². The van der Waals surface area contributed by atoms with E-state index < -0.39 is 0 Å². The van der Waals surface area contributed by atoms with Gasteiger partial charge in [0.2, 0.25) is 0 Å². The van der Waals surface area contributed by atoms with Gasteiger partial charge in [-0.25, -0.2) is 0 Å². The predicted octanol–water partition coefficient (Wildman–Crippen LogP) is 1.50. The molecule has 0 aromatic carbocycles. The molecule has 1 aliphatic carbocycles. The Hall–Kier alpha value is -0.830. The molecular formula is C11H19N3. The Morgan fingerprint density at radius 2 is 2.29 bits per heavy atom. The van der Waals surface area contributed by atoms with Crippen LogP contribution in [0, 0.1) is 6.92 Å². The van der Waals surface area contributed by atoms with Crippen molar-refractivity contribution < 1.29 is 0 Å². The summed E-state index contributed by atoms with van der Waals surface area (Å²) in [6, 6.07) is 0. The number of nitrogens with two attached hydrogens (primary N) is 1. The van der Waals surface area contributed by atoms with Crippen LogP contribution in [0.1, 0.15) is 36.9 Å². The van der Waals surface area contributed by atoms with Crippen LogP contribution in [0.5, 0.6) is 0 Å². The molecule has 0 amide bonds. The lowest BCUT2D eigenvalue weighted by Crippen LogP contribution is -2.36. The Balaban J connectivity index is 2.31. The van der Waals surface area contributed by atoms with Crippen molar-refractivity contribution in [1.29, 1.82) is 0 Å². The number of hydrogen-bond donors (Lipinski definition) is 1. The Morgan fingerprint density at radius 3 is 2.64 bits per heavy atom. The summed E-state index contributed by atoms with van der Waals surface area (Å²) in [5.41, 5.74) is 8.79. The van der Waals surface area contributed by atoms with Crippen LogP contribution in [0.2, 0.25) is 0 Å². The first-order valence-electron chi connectivity index (χ1n) is 5.39. The Labute approximate surface area is 85.3 Å². The molecule has 0 saturated heterocycles. The summed E-state index contributed by atoms with van der Waals surface area (Å²) < 4.78 is 1.96. The van der Waals surface area contributed by atoms with E-state index in [1.54, 1.807) is 0 Å². The second-order valence-electron chi connectivity index (χ2n) is 4.44. The highest BCUT2D eigenvalue weighted by Crippen LogP contribution is 2.47. The second-order valence-corrected chi connectivity index (χ2v) is 4.44. The summed E-state index contributed by atoms with van der Waals surface area (Å²) in [6.07, 6.45) is 7.06. The maximum absolute atomic E-state index is 5.69. The van der Waals surface area contributed by atoms with Gasteiger partial charge in [-0.15, -0.1) is 0 Å². The first-order chi connectivity index (χ1) is 6.69. The SMILES string of the molecule is Cc1c(C2(CCN)CCC2)cnn1C. The number of rotatable bonds is 3. The molecule has 3 nitrogen and oxygen atoms in total. The van der Waals surface area contributed by atoms with E-state index in [1.165, 1.54) is 30.5 Å². The van der Waals surface area contributed by atoms with Crippen molar-refractivity contribution in [1.82, 2.24) is 9.78 Å². The van der Waals surface area contributed by atoms with E-state index in [4.69, 9.17) is 5.73 Å². The minimum atomic E-state index is 0.368. The molecule has 1 aromatic heterocycles. The van der Waals surface area contributed by atoms with E-state index in [9.17, 15) is 0 Å². The molecule has 1 saturated carbocycles. The molecule has 78 valence electrons. The molecule has 0 radical (unpaired) electrons. The Kier molecular flexibility index (Phi) is 2.35. The van der Waals surface area contributed by atoms with Crippen LogP contribution in [-0.2, 0) is 12.5 Å². The minimum absolute atomic E-state index is 0.368. The Morgan fingerprint density at radius 1 is 1.57 bits per heavy atom. The van der Waals surface area contributed by atoms with E-state index in [-0.39, 0.29) is 0 Å². The zero-order chi connectivity index (χ0) is 10.2. The molecule has 1 aromatic rings. The van der Waals surface area contributed by atoms with Crippen LogP contribution >= 0.6 is 0 Å². The lowest BCUT2D eigenvalue weighted by Gasteiger charge is -2.42. The zero-order valence-electron chi connectivity index (χ0n) is 9.08. The Bertz CT molecular complexity index is 323. The molecule has 1 heterocycles. The van der Waals surface area contributed by atoms with E-state index in [1.807, 2.05) is 17.9 Å². The van der Waals surface area contributed by atoms with Gasteiger partial charge in [0.1, 0.15) is 0 Å². The van der Waals surface area contributed by atoms with Crippen LogP contribution in [0.4, 0.5) is 0 Å². The van der Waals surface area contributed by atoms with Crippen molar-refractivity contribution in [2.24, 2.45) is 12.8 Å². The third-order valence-corrected chi connectivity index (χ3v) is 3.74. The summed E-state index contributed by atoms with van der Waals surface area (Å²) in [7, 11) is 2.01. The summed E-state index contributed by atoms with van der Waals surface area (Å²) in [4.78, 5) is 0. The molecule has 1 aliphatic rings. The molecule has 1 fully saturated rings. The quantitative estimate of drug-likeness (QED) is 0.790. The average molecular weight is 193 g/mol. The largest absolute Gasteiger partial charge is 0.330 e. The number of aromatic nitrogens is 2. The molecule has 2 N–H and O–H groups in total. The van der Waals surface area contributed by atoms with Crippen molar-refractivity contribution in [3.8, 4) is 0 Å². The fraction of sp³-hybridized carbons (Fsp3) is 0.727.